The zero-order valence-corrected chi connectivity index (χ0v) is 19.2. The lowest BCUT2D eigenvalue weighted by atomic mass is 10.1. The highest BCUT2D eigenvalue weighted by molar-refractivity contribution is 7.92. The minimum absolute atomic E-state index is 0.314. The molecule has 0 aliphatic carbocycles. The summed E-state index contributed by atoms with van der Waals surface area (Å²) >= 11 is 0. The van der Waals surface area contributed by atoms with Gasteiger partial charge in [-0.1, -0.05) is 36.8 Å². The van der Waals surface area contributed by atoms with Gasteiger partial charge in [0.15, 0.2) is 0 Å². The molecule has 1 heterocycles. The first kappa shape index (κ1) is 23.1. The van der Waals surface area contributed by atoms with E-state index in [1.807, 2.05) is 50.2 Å². The number of benzene rings is 2. The molecule has 0 bridgehead atoms. The molecule has 1 N–H and O–H groups in total. The number of nitrogens with zero attached hydrogens (tertiary/aromatic N) is 2. The molecule has 0 aromatic heterocycles. The Balaban J connectivity index is 1.68. The molecular formula is C23H31N3O4S. The Kier molecular flexibility index (Phi) is 7.56. The second-order valence-electron chi connectivity index (χ2n) is 7.80. The van der Waals surface area contributed by atoms with Gasteiger partial charge in [0.25, 0.3) is 0 Å². The molecule has 1 aliphatic rings. The standard InChI is InChI=1S/C23H31N3O4S/c1-4-22(26(31(3,28)29)21-9-5-18(2)6-10-21)23(27)24-17-19-7-11-20(12-8-19)25-13-15-30-16-14-25/h5-12,22H,4,13-17H2,1-3H3,(H,24,27)/t22-/m0/s1. The minimum Gasteiger partial charge on any atom is -0.378 e. The fraction of sp³-hybridized carbons (Fsp3) is 0.435. The summed E-state index contributed by atoms with van der Waals surface area (Å²) in [5.41, 5.74) is 3.61. The quantitative estimate of drug-likeness (QED) is 0.676. The van der Waals surface area contributed by atoms with Crippen LogP contribution in [0.15, 0.2) is 48.5 Å². The number of morpholine rings is 1. The van der Waals surface area contributed by atoms with E-state index in [9.17, 15) is 13.2 Å². The molecule has 2 aromatic rings. The zero-order chi connectivity index (χ0) is 22.4. The van der Waals surface area contributed by atoms with Crippen molar-refractivity contribution < 1.29 is 17.9 Å². The molecule has 8 heteroatoms. The Morgan fingerprint density at radius 3 is 2.26 bits per heavy atom. The number of sulfonamides is 1. The van der Waals surface area contributed by atoms with Crippen LogP contribution in [-0.4, -0.2) is 52.9 Å². The van der Waals surface area contributed by atoms with Gasteiger partial charge < -0.3 is 15.0 Å². The lowest BCUT2D eigenvalue weighted by Crippen LogP contribution is -2.49. The molecule has 1 amide bonds. The molecular weight excluding hydrogens is 414 g/mol. The second kappa shape index (κ2) is 10.2. The van der Waals surface area contributed by atoms with Crippen LogP contribution in [0.25, 0.3) is 0 Å². The molecule has 1 atom stereocenters. The summed E-state index contributed by atoms with van der Waals surface area (Å²) < 4.78 is 31.6. The van der Waals surface area contributed by atoms with Gasteiger partial charge in [0, 0.05) is 25.3 Å². The van der Waals surface area contributed by atoms with Gasteiger partial charge in [-0.25, -0.2) is 8.42 Å². The van der Waals surface area contributed by atoms with Crippen LogP contribution in [0, 0.1) is 6.92 Å². The van der Waals surface area contributed by atoms with Crippen molar-refractivity contribution in [3.63, 3.8) is 0 Å². The average molecular weight is 446 g/mol. The van der Waals surface area contributed by atoms with E-state index >= 15 is 0 Å². The van der Waals surface area contributed by atoms with Crippen LogP contribution >= 0.6 is 0 Å². The molecule has 0 saturated carbocycles. The molecule has 1 aliphatic heterocycles. The molecule has 3 rings (SSSR count). The number of aryl methyl sites for hydroxylation is 1. The Hall–Kier alpha value is -2.58. The molecule has 0 radical (unpaired) electrons. The fourth-order valence-corrected chi connectivity index (χ4v) is 4.92. The zero-order valence-electron chi connectivity index (χ0n) is 18.4. The normalized spacial score (nSPS) is 15.4. The predicted octanol–water partition coefficient (Wildman–Crippen LogP) is 2.69. The summed E-state index contributed by atoms with van der Waals surface area (Å²) in [6.45, 7) is 7.28. The van der Waals surface area contributed by atoms with Crippen LogP contribution in [0.3, 0.4) is 0 Å². The first-order valence-electron chi connectivity index (χ1n) is 10.5. The van der Waals surface area contributed by atoms with E-state index in [0.29, 0.717) is 18.7 Å². The largest absolute Gasteiger partial charge is 0.378 e. The van der Waals surface area contributed by atoms with E-state index in [2.05, 4.69) is 10.2 Å². The van der Waals surface area contributed by atoms with Crippen molar-refractivity contribution >= 4 is 27.3 Å². The van der Waals surface area contributed by atoms with Crippen molar-refractivity contribution in [1.29, 1.82) is 0 Å². The van der Waals surface area contributed by atoms with Crippen molar-refractivity contribution in [1.82, 2.24) is 5.32 Å². The van der Waals surface area contributed by atoms with Gasteiger partial charge in [0.05, 0.1) is 25.2 Å². The van der Waals surface area contributed by atoms with Gasteiger partial charge in [-0.3, -0.25) is 9.10 Å². The number of rotatable bonds is 8. The topological polar surface area (TPSA) is 79.0 Å². The summed E-state index contributed by atoms with van der Waals surface area (Å²) in [6.07, 6.45) is 1.50. The van der Waals surface area contributed by atoms with E-state index in [-0.39, 0.29) is 5.91 Å². The molecule has 1 fully saturated rings. The molecule has 0 unspecified atom stereocenters. The van der Waals surface area contributed by atoms with Crippen molar-refractivity contribution in [2.45, 2.75) is 32.9 Å². The maximum absolute atomic E-state index is 13.0. The van der Waals surface area contributed by atoms with Crippen LogP contribution in [-0.2, 0) is 26.1 Å². The second-order valence-corrected chi connectivity index (χ2v) is 9.66. The Morgan fingerprint density at radius 1 is 1.10 bits per heavy atom. The number of carbonyl (C=O) groups excluding carboxylic acids is 1. The van der Waals surface area contributed by atoms with Gasteiger partial charge in [-0.15, -0.1) is 0 Å². The molecule has 1 saturated heterocycles. The number of carbonyl (C=O) groups is 1. The highest BCUT2D eigenvalue weighted by Crippen LogP contribution is 2.23. The minimum atomic E-state index is -3.63. The van der Waals surface area contributed by atoms with Gasteiger partial charge in [-0.05, 0) is 43.2 Å². The first-order chi connectivity index (χ1) is 14.8. The third kappa shape index (κ3) is 5.98. The SMILES string of the molecule is CC[C@@H](C(=O)NCc1ccc(N2CCOCC2)cc1)N(c1ccc(C)cc1)S(C)(=O)=O. The van der Waals surface area contributed by atoms with Crippen molar-refractivity contribution in [2.75, 3.05) is 41.8 Å². The average Bonchev–Trinajstić information content (AvgIpc) is 2.77. The highest BCUT2D eigenvalue weighted by atomic mass is 32.2. The molecule has 0 spiro atoms. The highest BCUT2D eigenvalue weighted by Gasteiger charge is 2.31. The number of ether oxygens (including phenoxy) is 1. The van der Waals surface area contributed by atoms with Crippen LogP contribution < -0.4 is 14.5 Å². The predicted molar refractivity (Wildman–Crippen MR) is 124 cm³/mol. The van der Waals surface area contributed by atoms with Crippen LogP contribution in [0.2, 0.25) is 0 Å². The van der Waals surface area contributed by atoms with Crippen molar-refractivity contribution in [2.24, 2.45) is 0 Å². The van der Waals surface area contributed by atoms with Crippen molar-refractivity contribution in [3.8, 4) is 0 Å². The van der Waals surface area contributed by atoms with E-state index in [1.165, 1.54) is 4.31 Å². The third-order valence-electron chi connectivity index (χ3n) is 5.40. The summed E-state index contributed by atoms with van der Waals surface area (Å²) in [5, 5.41) is 2.90. The Bertz CT molecular complexity index is 969. The first-order valence-corrected chi connectivity index (χ1v) is 12.4. The summed E-state index contributed by atoms with van der Waals surface area (Å²) in [7, 11) is -3.63. The monoisotopic (exact) mass is 445 g/mol. The van der Waals surface area contributed by atoms with E-state index in [1.54, 1.807) is 12.1 Å². The Morgan fingerprint density at radius 2 is 1.71 bits per heavy atom. The Labute approximate surface area is 185 Å². The van der Waals surface area contributed by atoms with Crippen molar-refractivity contribution in [3.05, 3.63) is 59.7 Å². The molecule has 31 heavy (non-hydrogen) atoms. The van der Waals surface area contributed by atoms with E-state index in [4.69, 9.17) is 4.74 Å². The van der Waals surface area contributed by atoms with Crippen LogP contribution in [0.1, 0.15) is 24.5 Å². The third-order valence-corrected chi connectivity index (χ3v) is 6.58. The fourth-order valence-electron chi connectivity index (χ4n) is 3.71. The summed E-state index contributed by atoms with van der Waals surface area (Å²) in [4.78, 5) is 15.2. The maximum atomic E-state index is 13.0. The van der Waals surface area contributed by atoms with E-state index < -0.39 is 16.1 Å². The van der Waals surface area contributed by atoms with Gasteiger partial charge in [0.1, 0.15) is 6.04 Å². The molecule has 168 valence electrons. The molecule has 7 nitrogen and oxygen atoms in total. The number of amides is 1. The summed E-state index contributed by atoms with van der Waals surface area (Å²) in [6, 6.07) is 14.4. The maximum Gasteiger partial charge on any atom is 0.244 e. The van der Waals surface area contributed by atoms with E-state index in [0.717, 1.165) is 49.4 Å². The van der Waals surface area contributed by atoms with Crippen LogP contribution in [0.4, 0.5) is 11.4 Å². The smallest absolute Gasteiger partial charge is 0.244 e. The van der Waals surface area contributed by atoms with Gasteiger partial charge >= 0.3 is 0 Å². The number of anilines is 2. The van der Waals surface area contributed by atoms with Gasteiger partial charge in [0.2, 0.25) is 15.9 Å². The van der Waals surface area contributed by atoms with Gasteiger partial charge in [-0.2, -0.15) is 0 Å². The lowest BCUT2D eigenvalue weighted by Gasteiger charge is -2.30. The van der Waals surface area contributed by atoms with Crippen LogP contribution in [0.5, 0.6) is 0 Å². The number of hydrogen-bond donors (Lipinski definition) is 1. The number of nitrogens with one attached hydrogen (secondary N) is 1. The summed E-state index contributed by atoms with van der Waals surface area (Å²) in [5.74, 6) is -0.314. The number of hydrogen-bond acceptors (Lipinski definition) is 5. The molecule has 2 aromatic carbocycles. The lowest BCUT2D eigenvalue weighted by molar-refractivity contribution is -0.122.